The number of rotatable bonds is 4. The summed E-state index contributed by atoms with van der Waals surface area (Å²) in [6.45, 7) is 2.53. The Morgan fingerprint density at radius 2 is 2.31 bits per heavy atom. The summed E-state index contributed by atoms with van der Waals surface area (Å²) in [5.41, 5.74) is 6.35. The fourth-order valence-electron chi connectivity index (χ4n) is 1.29. The van der Waals surface area contributed by atoms with Gasteiger partial charge in [0.25, 0.3) is 0 Å². The van der Waals surface area contributed by atoms with E-state index < -0.39 is 0 Å². The van der Waals surface area contributed by atoms with Gasteiger partial charge < -0.3 is 15.6 Å². The molecule has 2 heterocycles. The first-order valence-corrected chi connectivity index (χ1v) is 4.84. The van der Waals surface area contributed by atoms with Crippen molar-refractivity contribution < 1.29 is 4.52 Å². The van der Waals surface area contributed by atoms with Crippen LogP contribution in [0.2, 0.25) is 0 Å². The fourth-order valence-corrected chi connectivity index (χ4v) is 1.29. The van der Waals surface area contributed by atoms with E-state index in [-0.39, 0.29) is 5.95 Å². The average molecular weight is 220 g/mol. The van der Waals surface area contributed by atoms with Gasteiger partial charge in [0.2, 0.25) is 12.3 Å². The SMILES string of the molecule is Cc1cc(NCCc2ncon2)nc(N)n1. The Balaban J connectivity index is 1.89. The molecule has 0 amide bonds. The molecule has 2 rings (SSSR count). The summed E-state index contributed by atoms with van der Waals surface area (Å²) in [6, 6.07) is 1.83. The minimum atomic E-state index is 0.266. The van der Waals surface area contributed by atoms with Gasteiger partial charge >= 0.3 is 0 Å². The van der Waals surface area contributed by atoms with Crippen LogP contribution in [0.4, 0.5) is 11.8 Å². The van der Waals surface area contributed by atoms with E-state index in [1.807, 2.05) is 13.0 Å². The first kappa shape index (κ1) is 10.3. The van der Waals surface area contributed by atoms with Gasteiger partial charge in [-0.25, -0.2) is 4.98 Å². The second-order valence-corrected chi connectivity index (χ2v) is 3.28. The molecule has 0 bridgehead atoms. The number of nitrogens with zero attached hydrogens (tertiary/aromatic N) is 4. The molecule has 2 aromatic rings. The molecular weight excluding hydrogens is 208 g/mol. The van der Waals surface area contributed by atoms with Gasteiger partial charge in [0.1, 0.15) is 5.82 Å². The Morgan fingerprint density at radius 1 is 1.44 bits per heavy atom. The molecular formula is C9H12N6O. The number of nitrogens with two attached hydrogens (primary N) is 1. The number of aryl methyl sites for hydroxylation is 1. The van der Waals surface area contributed by atoms with Crippen molar-refractivity contribution >= 4 is 11.8 Å². The lowest BCUT2D eigenvalue weighted by molar-refractivity contribution is 0.410. The first-order chi connectivity index (χ1) is 7.74. The Hall–Kier alpha value is -2.18. The van der Waals surface area contributed by atoms with Crippen molar-refractivity contribution in [3.63, 3.8) is 0 Å². The lowest BCUT2D eigenvalue weighted by atomic mass is 10.4. The lowest BCUT2D eigenvalue weighted by Gasteiger charge is -2.05. The molecule has 0 aliphatic carbocycles. The van der Waals surface area contributed by atoms with Gasteiger partial charge in [-0.2, -0.15) is 9.97 Å². The molecule has 3 N–H and O–H groups in total. The maximum atomic E-state index is 5.52. The highest BCUT2D eigenvalue weighted by molar-refractivity contribution is 5.40. The van der Waals surface area contributed by atoms with E-state index in [1.54, 1.807) is 0 Å². The van der Waals surface area contributed by atoms with E-state index in [0.717, 1.165) is 5.69 Å². The zero-order valence-electron chi connectivity index (χ0n) is 8.84. The van der Waals surface area contributed by atoms with E-state index in [0.29, 0.717) is 24.6 Å². The van der Waals surface area contributed by atoms with Crippen LogP contribution in [0.25, 0.3) is 0 Å². The minimum Gasteiger partial charge on any atom is -0.369 e. The van der Waals surface area contributed by atoms with Crippen molar-refractivity contribution in [1.29, 1.82) is 0 Å². The summed E-state index contributed by atoms with van der Waals surface area (Å²) in [4.78, 5) is 11.9. The molecule has 0 aliphatic heterocycles. The molecule has 16 heavy (non-hydrogen) atoms. The van der Waals surface area contributed by atoms with E-state index in [9.17, 15) is 0 Å². The monoisotopic (exact) mass is 220 g/mol. The highest BCUT2D eigenvalue weighted by atomic mass is 16.5. The van der Waals surface area contributed by atoms with Crippen LogP contribution in [0.1, 0.15) is 11.5 Å². The standard InChI is InChI=1S/C9H12N6O/c1-6-4-8(14-9(10)13-6)11-3-2-7-12-5-16-15-7/h4-5H,2-3H2,1H3,(H3,10,11,13,14). The van der Waals surface area contributed by atoms with E-state index in [2.05, 4.69) is 29.9 Å². The molecule has 0 saturated carbocycles. The van der Waals surface area contributed by atoms with E-state index in [1.165, 1.54) is 6.39 Å². The topological polar surface area (TPSA) is 103 Å². The Bertz CT molecular complexity index is 435. The smallest absolute Gasteiger partial charge is 0.222 e. The number of anilines is 2. The molecule has 0 spiro atoms. The average Bonchev–Trinajstić information content (AvgIpc) is 2.69. The summed E-state index contributed by atoms with van der Waals surface area (Å²) >= 11 is 0. The van der Waals surface area contributed by atoms with Crippen LogP contribution >= 0.6 is 0 Å². The number of hydrogen-bond acceptors (Lipinski definition) is 7. The summed E-state index contributed by atoms with van der Waals surface area (Å²) in [6.07, 6.45) is 1.97. The maximum Gasteiger partial charge on any atom is 0.222 e. The number of aromatic nitrogens is 4. The molecule has 0 atom stereocenters. The van der Waals surface area contributed by atoms with Crippen LogP contribution in [0, 0.1) is 6.92 Å². The molecule has 0 unspecified atom stereocenters. The van der Waals surface area contributed by atoms with Crippen molar-refractivity contribution in [3.8, 4) is 0 Å². The molecule has 0 aromatic carbocycles. The number of nitrogens with one attached hydrogen (secondary N) is 1. The van der Waals surface area contributed by atoms with Gasteiger partial charge in [-0.3, -0.25) is 0 Å². The van der Waals surface area contributed by atoms with E-state index >= 15 is 0 Å². The predicted molar refractivity (Wildman–Crippen MR) is 57.7 cm³/mol. The Kier molecular flexibility index (Phi) is 2.95. The summed E-state index contributed by atoms with van der Waals surface area (Å²) in [5, 5.41) is 6.81. The summed E-state index contributed by atoms with van der Waals surface area (Å²) < 4.78 is 4.62. The second kappa shape index (κ2) is 4.56. The molecule has 7 nitrogen and oxygen atoms in total. The van der Waals surface area contributed by atoms with Crippen LogP contribution in [-0.2, 0) is 6.42 Å². The van der Waals surface area contributed by atoms with Crippen molar-refractivity contribution in [2.45, 2.75) is 13.3 Å². The lowest BCUT2D eigenvalue weighted by Crippen LogP contribution is -2.09. The fraction of sp³-hybridized carbons (Fsp3) is 0.333. The third-order valence-electron chi connectivity index (χ3n) is 1.93. The molecule has 0 radical (unpaired) electrons. The van der Waals surface area contributed by atoms with Crippen LogP contribution in [0.3, 0.4) is 0 Å². The minimum absolute atomic E-state index is 0.266. The normalized spacial score (nSPS) is 10.3. The van der Waals surface area contributed by atoms with Crippen molar-refractivity contribution in [1.82, 2.24) is 20.1 Å². The highest BCUT2D eigenvalue weighted by Crippen LogP contribution is 2.06. The van der Waals surface area contributed by atoms with Crippen LogP contribution in [0.5, 0.6) is 0 Å². The third-order valence-corrected chi connectivity index (χ3v) is 1.93. The van der Waals surface area contributed by atoms with Gasteiger partial charge in [0, 0.05) is 24.7 Å². The van der Waals surface area contributed by atoms with Crippen molar-refractivity contribution in [3.05, 3.63) is 24.0 Å². The Labute approximate surface area is 92.1 Å². The molecule has 0 aliphatic rings. The Morgan fingerprint density at radius 3 is 3.00 bits per heavy atom. The quantitative estimate of drug-likeness (QED) is 0.768. The van der Waals surface area contributed by atoms with Gasteiger partial charge in [-0.05, 0) is 6.92 Å². The van der Waals surface area contributed by atoms with E-state index in [4.69, 9.17) is 5.73 Å². The van der Waals surface area contributed by atoms with Gasteiger partial charge in [0.05, 0.1) is 0 Å². The first-order valence-electron chi connectivity index (χ1n) is 4.84. The van der Waals surface area contributed by atoms with Gasteiger partial charge in [0.15, 0.2) is 5.82 Å². The largest absolute Gasteiger partial charge is 0.369 e. The maximum absolute atomic E-state index is 5.52. The molecule has 0 saturated heterocycles. The summed E-state index contributed by atoms with van der Waals surface area (Å²) in [7, 11) is 0. The third kappa shape index (κ3) is 2.66. The van der Waals surface area contributed by atoms with Crippen LogP contribution in [0.15, 0.2) is 17.0 Å². The zero-order valence-corrected chi connectivity index (χ0v) is 8.84. The van der Waals surface area contributed by atoms with Gasteiger partial charge in [-0.1, -0.05) is 5.16 Å². The zero-order chi connectivity index (χ0) is 11.4. The molecule has 84 valence electrons. The van der Waals surface area contributed by atoms with Crippen molar-refractivity contribution in [2.24, 2.45) is 0 Å². The molecule has 2 aromatic heterocycles. The number of hydrogen-bond donors (Lipinski definition) is 2. The highest BCUT2D eigenvalue weighted by Gasteiger charge is 2.00. The van der Waals surface area contributed by atoms with Crippen molar-refractivity contribution in [2.75, 3.05) is 17.6 Å². The van der Waals surface area contributed by atoms with Crippen LogP contribution < -0.4 is 11.1 Å². The predicted octanol–water partition coefficient (Wildman–Crippen LogP) is 0.405. The molecule has 7 heteroatoms. The summed E-state index contributed by atoms with van der Waals surface area (Å²) in [5.74, 6) is 1.63. The molecule has 0 fully saturated rings. The second-order valence-electron chi connectivity index (χ2n) is 3.28. The van der Waals surface area contributed by atoms with Crippen LogP contribution in [-0.4, -0.2) is 26.7 Å². The van der Waals surface area contributed by atoms with Gasteiger partial charge in [-0.15, -0.1) is 0 Å². The number of nitrogen functional groups attached to an aromatic ring is 1.